The van der Waals surface area contributed by atoms with E-state index in [2.05, 4.69) is 35.2 Å². The van der Waals surface area contributed by atoms with Crippen LogP contribution in [0.3, 0.4) is 0 Å². The second-order valence-electron chi connectivity index (χ2n) is 13.3. The average molecular weight is 636 g/mol. The van der Waals surface area contributed by atoms with E-state index in [1.54, 1.807) is 24.3 Å². The minimum Gasteiger partial charge on any atom is -0.399 e. The molecule has 1 aliphatic rings. The molecular weight excluding hydrogens is 605 g/mol. The number of nitrogens with zero attached hydrogens (tertiary/aromatic N) is 5. The second-order valence-corrected chi connectivity index (χ2v) is 13.3. The van der Waals surface area contributed by atoms with Crippen molar-refractivity contribution in [1.29, 1.82) is 5.26 Å². The first kappa shape index (κ1) is 30.4. The van der Waals surface area contributed by atoms with Crippen molar-refractivity contribution >= 4 is 51.0 Å². The highest BCUT2D eigenvalue weighted by atomic mass is 16.7. The summed E-state index contributed by atoms with van der Waals surface area (Å²) in [5.41, 5.74) is 7.60. The summed E-state index contributed by atoms with van der Waals surface area (Å²) in [4.78, 5) is 19.7. The smallest absolute Gasteiger partial charge is 0.399 e. The van der Waals surface area contributed by atoms with E-state index in [1.165, 1.54) is 0 Å². The number of rotatable bonds is 4. The maximum absolute atomic E-state index is 9.54. The highest BCUT2D eigenvalue weighted by Crippen LogP contribution is 2.41. The molecule has 234 valence electrons. The Kier molecular flexibility index (Phi) is 7.05. The van der Waals surface area contributed by atoms with Crippen molar-refractivity contribution in [3.05, 3.63) is 126 Å². The molecule has 8 rings (SSSR count). The van der Waals surface area contributed by atoms with E-state index in [9.17, 15) is 5.26 Å². The molecule has 49 heavy (non-hydrogen) atoms. The Morgan fingerprint density at radius 2 is 1.22 bits per heavy atom. The van der Waals surface area contributed by atoms with Crippen molar-refractivity contribution in [1.82, 2.24) is 15.0 Å². The zero-order chi connectivity index (χ0) is 33.9. The van der Waals surface area contributed by atoms with E-state index in [4.69, 9.17) is 30.8 Å². The molecule has 0 saturated carbocycles. The molecule has 1 fully saturated rings. The molecule has 2 aromatic heterocycles. The number of fused-ring (bicyclic) bond motifs is 5. The molecule has 3 heterocycles. The third-order valence-corrected chi connectivity index (χ3v) is 9.75. The molecule has 7 nitrogen and oxygen atoms in total. The predicted octanol–water partition coefficient (Wildman–Crippen LogP) is 9.05. The maximum Gasteiger partial charge on any atom is 0.497 e. The van der Waals surface area contributed by atoms with Crippen LogP contribution in [0.2, 0.25) is 0 Å². The fraction of sp³-hybridized carbons (Fsp3) is 0.146. The van der Waals surface area contributed by atoms with Crippen LogP contribution in [0, 0.1) is 17.9 Å². The van der Waals surface area contributed by atoms with E-state index in [-0.39, 0.29) is 0 Å². The molecule has 7 aromatic rings. The molecule has 0 radical (unpaired) electrons. The summed E-state index contributed by atoms with van der Waals surface area (Å²) in [6, 6.07) is 37.4. The fourth-order valence-electron chi connectivity index (χ4n) is 6.42. The summed E-state index contributed by atoms with van der Waals surface area (Å²) in [6.45, 7) is 15.7. The Bertz CT molecular complexity index is 2500. The van der Waals surface area contributed by atoms with Gasteiger partial charge in [-0.05, 0) is 51.5 Å². The molecule has 0 unspecified atom stereocenters. The van der Waals surface area contributed by atoms with Gasteiger partial charge in [-0.25, -0.2) is 19.8 Å². The van der Waals surface area contributed by atoms with Crippen LogP contribution in [0.1, 0.15) is 33.3 Å². The van der Waals surface area contributed by atoms with Gasteiger partial charge in [-0.2, -0.15) is 5.26 Å². The van der Waals surface area contributed by atoms with Gasteiger partial charge in [0.1, 0.15) is 0 Å². The Hall–Kier alpha value is -5.93. The second kappa shape index (κ2) is 11.4. The molecule has 5 aromatic carbocycles. The molecule has 0 aliphatic carbocycles. The molecule has 0 N–H and O–H groups in total. The third-order valence-electron chi connectivity index (χ3n) is 9.75. The summed E-state index contributed by atoms with van der Waals surface area (Å²) < 4.78 is 13.4. The van der Waals surface area contributed by atoms with Crippen LogP contribution in [-0.4, -0.2) is 33.3 Å². The van der Waals surface area contributed by atoms with Crippen molar-refractivity contribution in [2.45, 2.75) is 38.9 Å². The molecule has 0 spiro atoms. The third kappa shape index (κ3) is 5.02. The number of hydrogen-bond acceptors (Lipinski definition) is 6. The normalized spacial score (nSPS) is 15.0. The van der Waals surface area contributed by atoms with E-state index < -0.39 is 18.3 Å². The number of benzene rings is 5. The lowest BCUT2D eigenvalue weighted by Crippen LogP contribution is -2.41. The lowest BCUT2D eigenvalue weighted by atomic mass is 9.76. The average Bonchev–Trinajstić information content (AvgIpc) is 3.36. The Morgan fingerprint density at radius 1 is 0.653 bits per heavy atom. The summed E-state index contributed by atoms with van der Waals surface area (Å²) >= 11 is 0. The van der Waals surface area contributed by atoms with Crippen LogP contribution in [0.4, 0.5) is 5.69 Å². The predicted molar refractivity (Wildman–Crippen MR) is 195 cm³/mol. The molecule has 0 bridgehead atoms. The molecule has 1 saturated heterocycles. The SMILES string of the molecule is [C-]#[N+]c1ccc(-c2nc3c(B4OC(C)(C)C(C)(C)O4)cc4c(-c5ccccc5)nc5ccccc5c4c3nc2-c2ccc(C#N)cc2)cc1. The van der Waals surface area contributed by atoms with Gasteiger partial charge in [0.15, 0.2) is 5.69 Å². The van der Waals surface area contributed by atoms with Crippen molar-refractivity contribution in [2.75, 3.05) is 0 Å². The van der Waals surface area contributed by atoms with Crippen LogP contribution in [-0.2, 0) is 9.31 Å². The molecular formula is C41H30BN5O2. The van der Waals surface area contributed by atoms with Gasteiger partial charge in [0.25, 0.3) is 0 Å². The minimum atomic E-state index is -0.723. The highest BCUT2D eigenvalue weighted by molar-refractivity contribution is 6.65. The van der Waals surface area contributed by atoms with Gasteiger partial charge in [-0.15, -0.1) is 0 Å². The molecule has 0 atom stereocenters. The summed E-state index contributed by atoms with van der Waals surface area (Å²) in [5, 5.41) is 12.3. The van der Waals surface area contributed by atoms with Crippen LogP contribution in [0.5, 0.6) is 0 Å². The first-order valence-corrected chi connectivity index (χ1v) is 16.1. The van der Waals surface area contributed by atoms with E-state index in [1.807, 2.05) is 88.4 Å². The Labute approximate surface area is 284 Å². The van der Waals surface area contributed by atoms with Crippen LogP contribution in [0.25, 0.3) is 71.3 Å². The number of hydrogen-bond donors (Lipinski definition) is 0. The summed E-state index contributed by atoms with van der Waals surface area (Å²) in [7, 11) is -0.723. The van der Waals surface area contributed by atoms with E-state index >= 15 is 0 Å². The van der Waals surface area contributed by atoms with Gasteiger partial charge >= 0.3 is 7.12 Å². The lowest BCUT2D eigenvalue weighted by molar-refractivity contribution is 0.00578. The van der Waals surface area contributed by atoms with Gasteiger partial charge in [0, 0.05) is 32.7 Å². The quantitative estimate of drug-likeness (QED) is 0.109. The number of nitriles is 1. The van der Waals surface area contributed by atoms with Crippen LogP contribution < -0.4 is 5.46 Å². The van der Waals surface area contributed by atoms with Gasteiger partial charge < -0.3 is 9.31 Å². The maximum atomic E-state index is 9.54. The van der Waals surface area contributed by atoms with Crippen molar-refractivity contribution in [3.63, 3.8) is 0 Å². The summed E-state index contributed by atoms with van der Waals surface area (Å²) in [5.74, 6) is 0. The largest absolute Gasteiger partial charge is 0.497 e. The highest BCUT2D eigenvalue weighted by Gasteiger charge is 2.52. The molecule has 8 heteroatoms. The number of pyridine rings is 1. The minimum absolute atomic E-state index is 0.536. The monoisotopic (exact) mass is 635 g/mol. The van der Waals surface area contributed by atoms with Gasteiger partial charge in [-0.3, -0.25) is 0 Å². The first-order chi connectivity index (χ1) is 23.7. The van der Waals surface area contributed by atoms with Crippen LogP contribution >= 0.6 is 0 Å². The Balaban J connectivity index is 1.55. The van der Waals surface area contributed by atoms with Crippen molar-refractivity contribution in [3.8, 4) is 39.8 Å². The van der Waals surface area contributed by atoms with Crippen LogP contribution in [0.15, 0.2) is 109 Å². The van der Waals surface area contributed by atoms with E-state index in [0.717, 1.165) is 49.5 Å². The molecule has 0 amide bonds. The first-order valence-electron chi connectivity index (χ1n) is 16.1. The van der Waals surface area contributed by atoms with Crippen molar-refractivity contribution in [2.24, 2.45) is 0 Å². The zero-order valence-corrected chi connectivity index (χ0v) is 27.5. The Morgan fingerprint density at radius 3 is 1.86 bits per heavy atom. The summed E-state index contributed by atoms with van der Waals surface area (Å²) in [6.07, 6.45) is 0. The lowest BCUT2D eigenvalue weighted by Gasteiger charge is -2.32. The standard InChI is InChI=1S/C41H30BN5O2/c1-40(2)41(3,4)49-42(48-40)32-23-31-34(30-13-9-10-14-33(30)45-35(31)26-11-7-6-8-12-26)39-38(32)46-36(28-19-21-29(44-5)22-20-28)37(47-39)27-17-15-25(24-43)16-18-27/h6-23H,1-4H3. The van der Waals surface area contributed by atoms with E-state index in [0.29, 0.717) is 33.7 Å². The topological polar surface area (TPSA) is 85.3 Å². The zero-order valence-electron chi connectivity index (χ0n) is 27.5. The number of para-hydroxylation sites is 1. The van der Waals surface area contributed by atoms with Crippen molar-refractivity contribution < 1.29 is 9.31 Å². The van der Waals surface area contributed by atoms with Gasteiger partial charge in [0.2, 0.25) is 0 Å². The van der Waals surface area contributed by atoms with Gasteiger partial charge in [-0.1, -0.05) is 91.0 Å². The fourth-order valence-corrected chi connectivity index (χ4v) is 6.42. The molecule has 1 aliphatic heterocycles. The number of aromatic nitrogens is 3. The van der Waals surface area contributed by atoms with Gasteiger partial charge in [0.05, 0.1) is 63.0 Å².